The number of nitrogens with two attached hydrogens (primary N) is 1. The molecule has 1 saturated carbocycles. The molecule has 0 amide bonds. The third-order valence-corrected chi connectivity index (χ3v) is 4.46. The van der Waals surface area contributed by atoms with E-state index < -0.39 is 5.82 Å². The molecule has 0 radical (unpaired) electrons. The third-order valence-electron chi connectivity index (χ3n) is 4.46. The van der Waals surface area contributed by atoms with Gasteiger partial charge in [-0.05, 0) is 39.4 Å². The Labute approximate surface area is 124 Å². The molecule has 0 saturated heterocycles. The monoisotopic (exact) mass is 294 g/mol. The molecule has 0 aromatic heterocycles. The zero-order chi connectivity index (χ0) is 15.5. The SMILES string of the molecule is CN(C)C1(CNCc2cccc(/C(N)=N/O)c2F)CCC1. The maximum absolute atomic E-state index is 14.3. The Bertz CT molecular complexity index is 526. The van der Waals surface area contributed by atoms with Gasteiger partial charge in [0.15, 0.2) is 5.84 Å². The number of oxime groups is 1. The van der Waals surface area contributed by atoms with E-state index >= 15 is 0 Å². The second-order valence-corrected chi connectivity index (χ2v) is 5.84. The van der Waals surface area contributed by atoms with Crippen LogP contribution in [0.3, 0.4) is 0 Å². The van der Waals surface area contributed by atoms with Gasteiger partial charge in [-0.2, -0.15) is 0 Å². The number of amidine groups is 1. The van der Waals surface area contributed by atoms with Gasteiger partial charge in [0.1, 0.15) is 5.82 Å². The van der Waals surface area contributed by atoms with E-state index in [1.54, 1.807) is 12.1 Å². The van der Waals surface area contributed by atoms with E-state index in [-0.39, 0.29) is 16.9 Å². The van der Waals surface area contributed by atoms with Crippen molar-refractivity contribution in [3.05, 3.63) is 35.1 Å². The Morgan fingerprint density at radius 3 is 2.71 bits per heavy atom. The molecule has 1 aliphatic carbocycles. The lowest BCUT2D eigenvalue weighted by Gasteiger charge is -2.47. The number of hydrogen-bond acceptors (Lipinski definition) is 4. The van der Waals surface area contributed by atoms with Crippen LogP contribution in [0.15, 0.2) is 23.4 Å². The van der Waals surface area contributed by atoms with Crippen LogP contribution in [-0.4, -0.2) is 42.1 Å². The van der Waals surface area contributed by atoms with Crippen molar-refractivity contribution in [1.29, 1.82) is 0 Å². The molecule has 0 unspecified atom stereocenters. The van der Waals surface area contributed by atoms with Gasteiger partial charge in [0.25, 0.3) is 0 Å². The minimum atomic E-state index is -0.437. The van der Waals surface area contributed by atoms with E-state index in [9.17, 15) is 4.39 Å². The van der Waals surface area contributed by atoms with Gasteiger partial charge in [-0.25, -0.2) is 4.39 Å². The number of halogens is 1. The fourth-order valence-corrected chi connectivity index (χ4v) is 2.76. The summed E-state index contributed by atoms with van der Waals surface area (Å²) in [5.41, 5.74) is 6.31. The van der Waals surface area contributed by atoms with E-state index in [1.807, 2.05) is 0 Å². The number of rotatable bonds is 6. The summed E-state index contributed by atoms with van der Waals surface area (Å²) < 4.78 is 14.3. The highest BCUT2D eigenvalue weighted by Crippen LogP contribution is 2.35. The fraction of sp³-hybridized carbons (Fsp3) is 0.533. The van der Waals surface area contributed by atoms with Crippen LogP contribution in [0.2, 0.25) is 0 Å². The predicted octanol–water partition coefficient (Wildman–Crippen LogP) is 1.49. The van der Waals surface area contributed by atoms with Gasteiger partial charge >= 0.3 is 0 Å². The molecular formula is C15H23FN4O. The lowest BCUT2D eigenvalue weighted by molar-refractivity contribution is 0.0597. The second-order valence-electron chi connectivity index (χ2n) is 5.84. The Morgan fingerprint density at radius 2 is 2.19 bits per heavy atom. The molecule has 5 nitrogen and oxygen atoms in total. The average molecular weight is 294 g/mol. The minimum absolute atomic E-state index is 0.128. The summed E-state index contributed by atoms with van der Waals surface area (Å²) in [5, 5.41) is 14.8. The van der Waals surface area contributed by atoms with Crippen LogP contribution < -0.4 is 11.1 Å². The van der Waals surface area contributed by atoms with Crippen molar-refractivity contribution in [2.75, 3.05) is 20.6 Å². The van der Waals surface area contributed by atoms with Crippen molar-refractivity contribution in [3.63, 3.8) is 0 Å². The molecule has 1 aliphatic rings. The lowest BCUT2D eigenvalue weighted by atomic mass is 9.75. The molecule has 2 rings (SSSR count). The highest BCUT2D eigenvalue weighted by atomic mass is 19.1. The fourth-order valence-electron chi connectivity index (χ4n) is 2.76. The van der Waals surface area contributed by atoms with Crippen LogP contribution in [0.1, 0.15) is 30.4 Å². The van der Waals surface area contributed by atoms with Crippen molar-refractivity contribution in [3.8, 4) is 0 Å². The summed E-state index contributed by atoms with van der Waals surface area (Å²) in [4.78, 5) is 2.24. The molecule has 0 heterocycles. The van der Waals surface area contributed by atoms with Crippen LogP contribution >= 0.6 is 0 Å². The van der Waals surface area contributed by atoms with Crippen molar-refractivity contribution < 1.29 is 9.60 Å². The van der Waals surface area contributed by atoms with Gasteiger partial charge in [-0.3, -0.25) is 0 Å². The maximum Gasteiger partial charge on any atom is 0.173 e. The minimum Gasteiger partial charge on any atom is -0.409 e. The van der Waals surface area contributed by atoms with Gasteiger partial charge in [0.05, 0.1) is 5.56 Å². The van der Waals surface area contributed by atoms with Gasteiger partial charge < -0.3 is 21.2 Å². The molecule has 0 spiro atoms. The molecule has 116 valence electrons. The first-order valence-electron chi connectivity index (χ1n) is 7.13. The van der Waals surface area contributed by atoms with E-state index in [0.29, 0.717) is 12.1 Å². The first-order chi connectivity index (χ1) is 10.00. The topological polar surface area (TPSA) is 73.9 Å². The average Bonchev–Trinajstić information content (AvgIpc) is 2.42. The smallest absolute Gasteiger partial charge is 0.173 e. The number of likely N-dealkylation sites (N-methyl/N-ethyl adjacent to an activating group) is 1. The Kier molecular flexibility index (Phi) is 4.80. The first kappa shape index (κ1) is 15.7. The quantitative estimate of drug-likeness (QED) is 0.322. The summed E-state index contributed by atoms with van der Waals surface area (Å²) >= 11 is 0. The molecule has 21 heavy (non-hydrogen) atoms. The molecular weight excluding hydrogens is 271 g/mol. The zero-order valence-corrected chi connectivity index (χ0v) is 12.6. The van der Waals surface area contributed by atoms with Gasteiger partial charge in [0, 0.05) is 24.2 Å². The Morgan fingerprint density at radius 1 is 1.48 bits per heavy atom. The molecule has 1 fully saturated rings. The second kappa shape index (κ2) is 6.41. The highest BCUT2D eigenvalue weighted by molar-refractivity contribution is 5.97. The highest BCUT2D eigenvalue weighted by Gasteiger charge is 2.38. The number of nitrogens with zero attached hydrogens (tertiary/aromatic N) is 2. The van der Waals surface area contributed by atoms with E-state index in [2.05, 4.69) is 29.5 Å². The molecule has 6 heteroatoms. The standard InChI is InChI=1S/C15H23FN4O/c1-20(2)15(7-4-8-15)10-18-9-11-5-3-6-12(13(11)16)14(17)19-21/h3,5-6,18,21H,4,7-10H2,1-2H3,(H2,17,19). The number of benzene rings is 1. The summed E-state index contributed by atoms with van der Waals surface area (Å²) in [6.07, 6.45) is 3.58. The first-order valence-corrected chi connectivity index (χ1v) is 7.13. The van der Waals surface area contributed by atoms with Gasteiger partial charge in [-0.1, -0.05) is 17.3 Å². The van der Waals surface area contributed by atoms with Gasteiger partial charge in [-0.15, -0.1) is 0 Å². The van der Waals surface area contributed by atoms with E-state index in [4.69, 9.17) is 10.9 Å². The Hall–Kier alpha value is -1.66. The van der Waals surface area contributed by atoms with Crippen LogP contribution in [0.4, 0.5) is 4.39 Å². The molecule has 0 bridgehead atoms. The Balaban J connectivity index is 2.01. The molecule has 1 aromatic carbocycles. The normalized spacial score (nSPS) is 17.8. The maximum atomic E-state index is 14.3. The van der Waals surface area contributed by atoms with Crippen LogP contribution in [0.25, 0.3) is 0 Å². The summed E-state index contributed by atoms with van der Waals surface area (Å²) in [6.45, 7) is 1.25. The van der Waals surface area contributed by atoms with Crippen molar-refractivity contribution >= 4 is 5.84 Å². The van der Waals surface area contributed by atoms with Gasteiger partial charge in [0.2, 0.25) is 0 Å². The van der Waals surface area contributed by atoms with Crippen LogP contribution in [-0.2, 0) is 6.54 Å². The van der Waals surface area contributed by atoms with Crippen LogP contribution in [0, 0.1) is 5.82 Å². The summed E-state index contributed by atoms with van der Waals surface area (Å²) in [7, 11) is 4.17. The summed E-state index contributed by atoms with van der Waals surface area (Å²) in [6, 6.07) is 4.92. The van der Waals surface area contributed by atoms with Crippen molar-refractivity contribution in [2.45, 2.75) is 31.3 Å². The van der Waals surface area contributed by atoms with E-state index in [0.717, 1.165) is 6.54 Å². The van der Waals surface area contributed by atoms with Crippen molar-refractivity contribution in [2.24, 2.45) is 10.9 Å². The summed E-state index contributed by atoms with van der Waals surface area (Å²) in [5.74, 6) is -0.647. The molecule has 0 aliphatic heterocycles. The zero-order valence-electron chi connectivity index (χ0n) is 12.6. The van der Waals surface area contributed by atoms with Crippen LogP contribution in [0.5, 0.6) is 0 Å². The lowest BCUT2D eigenvalue weighted by Crippen LogP contribution is -2.56. The number of hydrogen-bond donors (Lipinski definition) is 3. The van der Waals surface area contributed by atoms with Crippen molar-refractivity contribution in [1.82, 2.24) is 10.2 Å². The molecule has 4 N–H and O–H groups in total. The number of nitrogens with one attached hydrogen (secondary N) is 1. The largest absolute Gasteiger partial charge is 0.409 e. The molecule has 0 atom stereocenters. The third kappa shape index (κ3) is 3.16. The molecule has 1 aromatic rings. The van der Waals surface area contributed by atoms with E-state index in [1.165, 1.54) is 25.3 Å². The predicted molar refractivity (Wildman–Crippen MR) is 80.9 cm³/mol.